The van der Waals surface area contributed by atoms with Gasteiger partial charge in [-0.15, -0.1) is 0 Å². The molecule has 1 amide bonds. The van der Waals surface area contributed by atoms with Gasteiger partial charge in [-0.1, -0.05) is 25.4 Å². The quantitative estimate of drug-likeness (QED) is 0.805. The number of halogens is 1. The van der Waals surface area contributed by atoms with E-state index in [0.29, 0.717) is 12.5 Å². The van der Waals surface area contributed by atoms with Gasteiger partial charge in [-0.3, -0.25) is 4.79 Å². The minimum atomic E-state index is -1.13. The molecule has 0 aliphatic carbocycles. The standard InChI is InChI=1S/C14H18ClNO5/c1-8(2)6-16-12(17)7-21-13-10(15)4-9(14(18)19)5-11(13)20-3/h4-5,8H,6-7H2,1-3H3,(H,16,17)(H,18,19). The molecule has 116 valence electrons. The van der Waals surface area contributed by atoms with Crippen molar-refractivity contribution in [2.45, 2.75) is 13.8 Å². The highest BCUT2D eigenvalue weighted by molar-refractivity contribution is 6.32. The first-order chi connectivity index (χ1) is 9.85. The summed E-state index contributed by atoms with van der Waals surface area (Å²) in [6, 6.07) is 2.53. The zero-order chi connectivity index (χ0) is 16.0. The Labute approximate surface area is 128 Å². The van der Waals surface area contributed by atoms with Gasteiger partial charge < -0.3 is 19.9 Å². The van der Waals surface area contributed by atoms with Gasteiger partial charge in [0.25, 0.3) is 5.91 Å². The number of benzene rings is 1. The molecule has 0 spiro atoms. The number of hydrogen-bond donors (Lipinski definition) is 2. The molecule has 0 aromatic heterocycles. The first kappa shape index (κ1) is 17.1. The number of carbonyl (C=O) groups is 2. The largest absolute Gasteiger partial charge is 0.493 e. The topological polar surface area (TPSA) is 84.9 Å². The lowest BCUT2D eigenvalue weighted by Gasteiger charge is -2.13. The summed E-state index contributed by atoms with van der Waals surface area (Å²) in [5, 5.41) is 11.7. The molecule has 0 heterocycles. The van der Waals surface area contributed by atoms with Crippen LogP contribution in [0.15, 0.2) is 12.1 Å². The summed E-state index contributed by atoms with van der Waals surface area (Å²) in [4.78, 5) is 22.5. The lowest BCUT2D eigenvalue weighted by atomic mass is 10.2. The lowest BCUT2D eigenvalue weighted by molar-refractivity contribution is -0.123. The molecular formula is C14H18ClNO5. The average molecular weight is 316 g/mol. The zero-order valence-corrected chi connectivity index (χ0v) is 12.9. The third kappa shape index (κ3) is 5.15. The number of ether oxygens (including phenoxy) is 2. The average Bonchev–Trinajstić information content (AvgIpc) is 2.42. The van der Waals surface area contributed by atoms with Gasteiger partial charge in [-0.25, -0.2) is 4.79 Å². The Morgan fingerprint density at radius 3 is 2.57 bits per heavy atom. The number of nitrogens with one attached hydrogen (secondary N) is 1. The van der Waals surface area contributed by atoms with Crippen molar-refractivity contribution in [2.75, 3.05) is 20.3 Å². The predicted octanol–water partition coefficient (Wildman–Crippen LogP) is 2.20. The van der Waals surface area contributed by atoms with Crippen LogP contribution >= 0.6 is 11.6 Å². The highest BCUT2D eigenvalue weighted by Crippen LogP contribution is 2.36. The summed E-state index contributed by atoms with van der Waals surface area (Å²) >= 11 is 5.97. The van der Waals surface area contributed by atoms with Crippen LogP contribution in [0.25, 0.3) is 0 Å². The molecule has 2 N–H and O–H groups in total. The third-order valence-electron chi connectivity index (χ3n) is 2.53. The maximum absolute atomic E-state index is 11.6. The Hall–Kier alpha value is -1.95. The number of methoxy groups -OCH3 is 1. The van der Waals surface area contributed by atoms with E-state index < -0.39 is 5.97 Å². The van der Waals surface area contributed by atoms with Crippen LogP contribution in [0, 0.1) is 5.92 Å². The number of aromatic carboxylic acids is 1. The maximum Gasteiger partial charge on any atom is 0.335 e. The van der Waals surface area contributed by atoms with E-state index >= 15 is 0 Å². The molecule has 0 saturated carbocycles. The molecule has 0 fully saturated rings. The molecular weight excluding hydrogens is 298 g/mol. The van der Waals surface area contributed by atoms with E-state index in [1.807, 2.05) is 13.8 Å². The Morgan fingerprint density at radius 2 is 2.05 bits per heavy atom. The van der Waals surface area contributed by atoms with Crippen molar-refractivity contribution < 1.29 is 24.2 Å². The fraction of sp³-hybridized carbons (Fsp3) is 0.429. The fourth-order valence-corrected chi connectivity index (χ4v) is 1.76. The van der Waals surface area contributed by atoms with Crippen molar-refractivity contribution in [2.24, 2.45) is 5.92 Å². The molecule has 0 unspecified atom stereocenters. The molecule has 0 bridgehead atoms. The van der Waals surface area contributed by atoms with Crippen LogP contribution in [0.4, 0.5) is 0 Å². The smallest absolute Gasteiger partial charge is 0.335 e. The maximum atomic E-state index is 11.6. The minimum Gasteiger partial charge on any atom is -0.493 e. The molecule has 7 heteroatoms. The Morgan fingerprint density at radius 1 is 1.38 bits per heavy atom. The summed E-state index contributed by atoms with van der Waals surface area (Å²) in [5.74, 6) is -0.775. The molecule has 0 atom stereocenters. The van der Waals surface area contributed by atoms with Gasteiger partial charge in [-0.2, -0.15) is 0 Å². The van der Waals surface area contributed by atoms with Gasteiger partial charge >= 0.3 is 5.97 Å². The molecule has 1 rings (SSSR count). The number of amides is 1. The molecule has 1 aromatic carbocycles. The van der Waals surface area contributed by atoms with Crippen LogP contribution in [0.5, 0.6) is 11.5 Å². The summed E-state index contributed by atoms with van der Waals surface area (Å²) in [6.45, 7) is 4.28. The van der Waals surface area contributed by atoms with Crippen LogP contribution in [0.2, 0.25) is 5.02 Å². The Bertz CT molecular complexity index is 530. The second kappa shape index (κ2) is 7.73. The first-order valence-electron chi connectivity index (χ1n) is 6.35. The van der Waals surface area contributed by atoms with Crippen LogP contribution < -0.4 is 14.8 Å². The van der Waals surface area contributed by atoms with Gasteiger partial charge in [0.1, 0.15) is 0 Å². The molecule has 1 aromatic rings. The van der Waals surface area contributed by atoms with E-state index in [-0.39, 0.29) is 34.6 Å². The highest BCUT2D eigenvalue weighted by Gasteiger charge is 2.16. The molecule has 6 nitrogen and oxygen atoms in total. The lowest BCUT2D eigenvalue weighted by Crippen LogP contribution is -2.31. The first-order valence-corrected chi connectivity index (χ1v) is 6.73. The molecule has 21 heavy (non-hydrogen) atoms. The normalized spacial score (nSPS) is 10.3. The highest BCUT2D eigenvalue weighted by atomic mass is 35.5. The minimum absolute atomic E-state index is 0.0199. The fourth-order valence-electron chi connectivity index (χ4n) is 1.49. The van der Waals surface area contributed by atoms with Gasteiger partial charge in [0.15, 0.2) is 18.1 Å². The summed E-state index contributed by atoms with van der Waals surface area (Å²) < 4.78 is 10.4. The number of hydrogen-bond acceptors (Lipinski definition) is 4. The molecule has 0 aliphatic rings. The van der Waals surface area contributed by atoms with E-state index in [1.54, 1.807) is 0 Å². The zero-order valence-electron chi connectivity index (χ0n) is 12.1. The number of carboxylic acid groups (broad SMARTS) is 1. The molecule has 0 radical (unpaired) electrons. The van der Waals surface area contributed by atoms with E-state index in [9.17, 15) is 9.59 Å². The van der Waals surface area contributed by atoms with Crippen molar-refractivity contribution in [3.8, 4) is 11.5 Å². The van der Waals surface area contributed by atoms with Crippen molar-refractivity contribution in [3.05, 3.63) is 22.7 Å². The van der Waals surface area contributed by atoms with Crippen LogP contribution in [0.1, 0.15) is 24.2 Å². The van der Waals surface area contributed by atoms with Crippen molar-refractivity contribution >= 4 is 23.5 Å². The Balaban J connectivity index is 2.79. The number of carbonyl (C=O) groups excluding carboxylic acids is 1. The SMILES string of the molecule is COc1cc(C(=O)O)cc(Cl)c1OCC(=O)NCC(C)C. The van der Waals surface area contributed by atoms with Crippen molar-refractivity contribution in [1.29, 1.82) is 0 Å². The van der Waals surface area contributed by atoms with E-state index in [1.165, 1.54) is 19.2 Å². The van der Waals surface area contributed by atoms with Gasteiger partial charge in [0.2, 0.25) is 0 Å². The monoisotopic (exact) mass is 315 g/mol. The number of carboxylic acids is 1. The summed E-state index contributed by atoms with van der Waals surface area (Å²) in [6.07, 6.45) is 0. The van der Waals surface area contributed by atoms with Gasteiger partial charge in [-0.05, 0) is 18.1 Å². The van der Waals surface area contributed by atoms with Gasteiger partial charge in [0.05, 0.1) is 17.7 Å². The molecule has 0 aliphatic heterocycles. The summed E-state index contributed by atoms with van der Waals surface area (Å²) in [7, 11) is 1.36. The van der Waals surface area contributed by atoms with Crippen molar-refractivity contribution in [3.63, 3.8) is 0 Å². The van der Waals surface area contributed by atoms with Crippen molar-refractivity contribution in [1.82, 2.24) is 5.32 Å². The van der Waals surface area contributed by atoms with E-state index in [2.05, 4.69) is 5.32 Å². The summed E-state index contributed by atoms with van der Waals surface area (Å²) in [5.41, 5.74) is -0.0199. The third-order valence-corrected chi connectivity index (χ3v) is 2.81. The van der Waals surface area contributed by atoms with E-state index in [4.69, 9.17) is 26.2 Å². The molecule has 0 saturated heterocycles. The second-order valence-electron chi connectivity index (χ2n) is 4.78. The second-order valence-corrected chi connectivity index (χ2v) is 5.19. The Kier molecular flexibility index (Phi) is 6.30. The number of rotatable bonds is 7. The van der Waals surface area contributed by atoms with Crippen LogP contribution in [0.3, 0.4) is 0 Å². The van der Waals surface area contributed by atoms with Gasteiger partial charge in [0, 0.05) is 6.54 Å². The van der Waals surface area contributed by atoms with Crippen LogP contribution in [-0.2, 0) is 4.79 Å². The van der Waals surface area contributed by atoms with Crippen LogP contribution in [-0.4, -0.2) is 37.2 Å². The predicted molar refractivity (Wildman–Crippen MR) is 78.3 cm³/mol. The van der Waals surface area contributed by atoms with E-state index in [0.717, 1.165) is 0 Å².